The first-order valence-electron chi connectivity index (χ1n) is 6.82. The summed E-state index contributed by atoms with van der Waals surface area (Å²) in [6.07, 6.45) is 0. The van der Waals surface area contributed by atoms with Crippen molar-refractivity contribution in [1.82, 2.24) is 14.4 Å². The van der Waals surface area contributed by atoms with E-state index < -0.39 is 28.6 Å². The summed E-state index contributed by atoms with van der Waals surface area (Å²) in [5, 5.41) is 0.657. The van der Waals surface area contributed by atoms with Gasteiger partial charge in [0.15, 0.2) is 5.69 Å². The molecule has 2 atom stereocenters. The molecule has 0 aliphatic heterocycles. The van der Waals surface area contributed by atoms with Gasteiger partial charge in [-0.15, -0.1) is 9.44 Å². The monoisotopic (exact) mass is 420 g/mol. The van der Waals surface area contributed by atoms with Crippen LogP contribution in [0.4, 0.5) is 0 Å². The molecule has 0 saturated heterocycles. The average Bonchev–Trinajstić information content (AvgIpc) is 2.89. The van der Waals surface area contributed by atoms with Crippen molar-refractivity contribution in [3.8, 4) is 0 Å². The molecule has 7 nitrogen and oxygen atoms in total. The summed E-state index contributed by atoms with van der Waals surface area (Å²) in [7, 11) is 0. The Kier molecular flexibility index (Phi) is 6.77. The third-order valence-electron chi connectivity index (χ3n) is 3.03. The smallest absolute Gasteiger partial charge is 0.270 e. The molecule has 1 amide bonds. The second kappa shape index (κ2) is 8.38. The van der Waals surface area contributed by atoms with Crippen molar-refractivity contribution in [2.75, 3.05) is 18.8 Å². The molecule has 0 fully saturated rings. The number of primary amides is 1. The number of nitrogens with one attached hydrogen (secondary N) is 3. The van der Waals surface area contributed by atoms with E-state index >= 15 is 0 Å². The number of carbonyl (C=O) groups excluding carboxylic acids is 1. The summed E-state index contributed by atoms with van der Waals surface area (Å²) in [5.41, 5.74) is 6.17. The largest absolute Gasteiger partial charge is 0.598 e. The van der Waals surface area contributed by atoms with Gasteiger partial charge in [0.1, 0.15) is 5.75 Å². The van der Waals surface area contributed by atoms with Gasteiger partial charge in [-0.05, 0) is 25.1 Å². The van der Waals surface area contributed by atoms with E-state index in [2.05, 4.69) is 30.4 Å². The molecule has 5 N–H and O–H groups in total. The van der Waals surface area contributed by atoms with Crippen molar-refractivity contribution in [3.63, 3.8) is 0 Å². The van der Waals surface area contributed by atoms with Gasteiger partial charge in [-0.3, -0.25) is 4.79 Å². The van der Waals surface area contributed by atoms with Crippen LogP contribution in [0.1, 0.15) is 17.4 Å². The lowest BCUT2D eigenvalue weighted by Gasteiger charge is -2.12. The highest BCUT2D eigenvalue weighted by molar-refractivity contribution is 9.10. The zero-order chi connectivity index (χ0) is 17.0. The van der Waals surface area contributed by atoms with Gasteiger partial charge in [0, 0.05) is 15.8 Å². The van der Waals surface area contributed by atoms with Gasteiger partial charge in [-0.25, -0.2) is 0 Å². The van der Waals surface area contributed by atoms with Crippen LogP contribution in [0.2, 0.25) is 0 Å². The predicted octanol–water partition coefficient (Wildman–Crippen LogP) is 0.915. The highest BCUT2D eigenvalue weighted by atomic mass is 79.9. The maximum Gasteiger partial charge on any atom is 0.270 e. The Morgan fingerprint density at radius 2 is 2.04 bits per heavy atom. The van der Waals surface area contributed by atoms with E-state index in [4.69, 9.17) is 5.73 Å². The molecule has 1 aromatic heterocycles. The second-order valence-corrected chi connectivity index (χ2v) is 8.28. The maximum absolute atomic E-state index is 12.5. The van der Waals surface area contributed by atoms with E-state index in [1.54, 1.807) is 19.1 Å². The molecule has 0 aliphatic carbocycles. The Morgan fingerprint density at radius 3 is 2.70 bits per heavy atom. The lowest BCUT2D eigenvalue weighted by Crippen LogP contribution is -2.35. The molecule has 1 heterocycles. The van der Waals surface area contributed by atoms with E-state index in [1.807, 2.05) is 6.07 Å². The minimum absolute atomic E-state index is 0.119. The molecule has 0 bridgehead atoms. The number of nitrogens with two attached hydrogens (primary N) is 1. The standard InChI is InChI=1S/C13H17BrN4O3S2/c1-2-22(20)16-5-6-17-23(21)12-9-7-8(14)3-4-10(9)18-11(12)13(15)19/h3-4,7,16-18H,2,5-6H2,1H3,(H2,15,19). The molecule has 126 valence electrons. The Morgan fingerprint density at radius 1 is 1.35 bits per heavy atom. The number of hydrogen-bond donors (Lipinski definition) is 4. The quantitative estimate of drug-likeness (QED) is 0.372. The van der Waals surface area contributed by atoms with Crippen LogP contribution in [0, 0.1) is 0 Å². The lowest BCUT2D eigenvalue weighted by atomic mass is 10.2. The average molecular weight is 421 g/mol. The van der Waals surface area contributed by atoms with Crippen LogP contribution < -0.4 is 15.2 Å². The summed E-state index contributed by atoms with van der Waals surface area (Å²) in [6, 6.07) is 5.36. The molecule has 2 aromatic rings. The van der Waals surface area contributed by atoms with Crippen molar-refractivity contribution in [1.29, 1.82) is 0 Å². The number of benzene rings is 1. The summed E-state index contributed by atoms with van der Waals surface area (Å²) in [6.45, 7) is 2.53. The number of aromatic amines is 1. The third-order valence-corrected chi connectivity index (χ3v) is 5.83. The summed E-state index contributed by atoms with van der Waals surface area (Å²) in [4.78, 5) is 14.8. The first-order chi connectivity index (χ1) is 10.9. The van der Waals surface area contributed by atoms with Gasteiger partial charge in [-0.1, -0.05) is 15.9 Å². The molecule has 2 rings (SSSR count). The van der Waals surface area contributed by atoms with Crippen LogP contribution in [0.25, 0.3) is 10.9 Å². The first kappa shape index (κ1) is 18.6. The fourth-order valence-electron chi connectivity index (χ4n) is 1.99. The van der Waals surface area contributed by atoms with Crippen LogP contribution >= 0.6 is 15.9 Å². The first-order valence-corrected chi connectivity index (χ1v) is 10.1. The van der Waals surface area contributed by atoms with Crippen LogP contribution in [0.5, 0.6) is 0 Å². The van der Waals surface area contributed by atoms with Gasteiger partial charge in [0.25, 0.3) is 5.91 Å². The fraction of sp³-hybridized carbons (Fsp3) is 0.308. The van der Waals surface area contributed by atoms with Crippen molar-refractivity contribution < 1.29 is 13.9 Å². The van der Waals surface area contributed by atoms with Crippen LogP contribution in [0.3, 0.4) is 0 Å². The molecule has 10 heteroatoms. The van der Waals surface area contributed by atoms with E-state index in [1.165, 1.54) is 0 Å². The highest BCUT2D eigenvalue weighted by Crippen LogP contribution is 2.29. The fourth-order valence-corrected chi connectivity index (χ4v) is 4.02. The zero-order valence-electron chi connectivity index (χ0n) is 12.3. The second-order valence-electron chi connectivity index (χ2n) is 4.57. The molecular weight excluding hydrogens is 404 g/mol. The molecule has 0 saturated carbocycles. The number of hydrogen-bond acceptors (Lipinski definition) is 5. The van der Waals surface area contributed by atoms with Gasteiger partial charge in [0.2, 0.25) is 4.90 Å². The van der Waals surface area contributed by atoms with Crippen LogP contribution in [-0.4, -0.2) is 38.8 Å². The minimum atomic E-state index is -1.63. The van der Waals surface area contributed by atoms with Gasteiger partial charge in [0.05, 0.1) is 35.4 Å². The topological polar surface area (TPSA) is 129 Å². The Bertz CT molecular complexity index is 697. The Labute approximate surface area is 148 Å². The highest BCUT2D eigenvalue weighted by Gasteiger charge is 2.26. The minimum Gasteiger partial charge on any atom is -0.598 e. The van der Waals surface area contributed by atoms with E-state index in [0.29, 0.717) is 34.6 Å². The predicted molar refractivity (Wildman–Crippen MR) is 95.6 cm³/mol. The van der Waals surface area contributed by atoms with Crippen LogP contribution in [0.15, 0.2) is 27.6 Å². The van der Waals surface area contributed by atoms with E-state index in [0.717, 1.165) is 4.47 Å². The molecule has 0 spiro atoms. The number of carbonyl (C=O) groups is 1. The molecule has 23 heavy (non-hydrogen) atoms. The normalized spacial score (nSPS) is 14.1. The van der Waals surface area contributed by atoms with E-state index in [9.17, 15) is 13.9 Å². The summed E-state index contributed by atoms with van der Waals surface area (Å²) >= 11 is 0.640. The Hall–Kier alpha value is -0.750. The van der Waals surface area contributed by atoms with Crippen molar-refractivity contribution in [2.24, 2.45) is 5.73 Å². The molecule has 0 radical (unpaired) electrons. The molecule has 2 unspecified atom stereocenters. The lowest BCUT2D eigenvalue weighted by molar-refractivity contribution is 0.0993. The van der Waals surface area contributed by atoms with Crippen molar-refractivity contribution >= 4 is 55.5 Å². The van der Waals surface area contributed by atoms with Crippen LogP contribution in [-0.2, 0) is 22.7 Å². The molecule has 0 aliphatic rings. The number of halogens is 1. The Balaban J connectivity index is 2.18. The van der Waals surface area contributed by atoms with Gasteiger partial charge < -0.3 is 19.8 Å². The van der Waals surface area contributed by atoms with Gasteiger partial charge in [-0.2, -0.15) is 0 Å². The van der Waals surface area contributed by atoms with E-state index in [-0.39, 0.29) is 5.69 Å². The third kappa shape index (κ3) is 4.63. The maximum atomic E-state index is 12.5. The van der Waals surface area contributed by atoms with Gasteiger partial charge >= 0.3 is 0 Å². The SMILES string of the molecule is CC[S+]([O-])NCCN[S+]([O-])c1c(C(N)=O)[nH]c2ccc(Br)cc12. The summed E-state index contributed by atoms with van der Waals surface area (Å²) < 4.78 is 30.2. The number of amides is 1. The van der Waals surface area contributed by atoms with Crippen molar-refractivity contribution in [3.05, 3.63) is 28.4 Å². The number of H-pyrrole nitrogens is 1. The van der Waals surface area contributed by atoms with Crippen molar-refractivity contribution in [2.45, 2.75) is 11.8 Å². The number of fused-ring (bicyclic) bond motifs is 1. The number of aromatic nitrogens is 1. The zero-order valence-corrected chi connectivity index (χ0v) is 15.6. The number of rotatable bonds is 8. The molecule has 1 aromatic carbocycles. The molecular formula is C13H17BrN4O3S2. The summed E-state index contributed by atoms with van der Waals surface area (Å²) in [5.74, 6) is -0.168.